The van der Waals surface area contributed by atoms with Crippen LogP contribution in [0.2, 0.25) is 0 Å². The average Bonchev–Trinajstić information content (AvgIpc) is 2.10. The van der Waals surface area contributed by atoms with Gasteiger partial charge in [0.2, 0.25) is 0 Å². The highest BCUT2D eigenvalue weighted by Gasteiger charge is 2.28. The van der Waals surface area contributed by atoms with Gasteiger partial charge in [-0.3, -0.25) is 4.79 Å². The van der Waals surface area contributed by atoms with Crippen LogP contribution in [0.4, 0.5) is 0 Å². The first kappa shape index (κ1) is 10.9. The van der Waals surface area contributed by atoms with Gasteiger partial charge in [-0.05, 0) is 19.8 Å². The van der Waals surface area contributed by atoms with Crippen molar-refractivity contribution in [1.82, 2.24) is 0 Å². The van der Waals surface area contributed by atoms with E-state index < -0.39 is 17.6 Å². The van der Waals surface area contributed by atoms with E-state index in [2.05, 4.69) is 0 Å². The molecule has 4 nitrogen and oxygen atoms in total. The van der Waals surface area contributed by atoms with E-state index in [0.29, 0.717) is 6.42 Å². The van der Waals surface area contributed by atoms with Crippen LogP contribution in [-0.2, 0) is 4.79 Å². The zero-order chi connectivity index (χ0) is 10.8. The molecule has 1 unspecified atom stereocenters. The number of hydrogen-bond acceptors (Lipinski definition) is 3. The number of hydrogen-bond donors (Lipinski definition) is 3. The molecule has 78 valence electrons. The molecule has 1 rings (SSSR count). The fraction of sp³-hybridized carbons (Fsp3) is 0.500. The van der Waals surface area contributed by atoms with Crippen LogP contribution in [0.5, 0.6) is 0 Å². The van der Waals surface area contributed by atoms with Gasteiger partial charge >= 0.3 is 5.97 Å². The number of carboxylic acid groups (broad SMARTS) is 1. The quantitative estimate of drug-likeness (QED) is 0.609. The fourth-order valence-electron chi connectivity index (χ4n) is 1.43. The number of aliphatic carboxylic acids is 1. The molecule has 0 aromatic carbocycles. The highest BCUT2D eigenvalue weighted by Crippen LogP contribution is 2.22. The number of nitrogens with two attached hydrogens (primary N) is 2. The molecule has 0 saturated heterocycles. The second-order valence-electron chi connectivity index (χ2n) is 3.87. The summed E-state index contributed by atoms with van der Waals surface area (Å²) in [6.45, 7) is 1.98. The Bertz CT molecular complexity index is 296. The second-order valence-corrected chi connectivity index (χ2v) is 3.87. The molecular weight excluding hydrogens is 180 g/mol. The molecule has 1 aliphatic rings. The van der Waals surface area contributed by atoms with Crippen molar-refractivity contribution in [2.24, 2.45) is 11.5 Å². The maximum absolute atomic E-state index is 10.6. The summed E-state index contributed by atoms with van der Waals surface area (Å²) in [5.74, 6) is -1.01. The Hall–Kier alpha value is -1.13. The Kier molecular flexibility index (Phi) is 3.08. The van der Waals surface area contributed by atoms with Crippen LogP contribution in [0.1, 0.15) is 19.8 Å². The van der Waals surface area contributed by atoms with Gasteiger partial charge in [-0.1, -0.05) is 23.8 Å². The predicted molar refractivity (Wildman–Crippen MR) is 54.7 cm³/mol. The maximum Gasteiger partial charge on any atom is 0.320 e. The van der Waals surface area contributed by atoms with Crippen molar-refractivity contribution in [3.05, 3.63) is 23.8 Å². The number of rotatable bonds is 3. The maximum atomic E-state index is 10.6. The van der Waals surface area contributed by atoms with Crippen LogP contribution in [0, 0.1) is 0 Å². The van der Waals surface area contributed by atoms with Gasteiger partial charge < -0.3 is 16.6 Å². The average molecular weight is 196 g/mol. The lowest BCUT2D eigenvalue weighted by atomic mass is 9.84. The third-order valence-electron chi connectivity index (χ3n) is 2.40. The van der Waals surface area contributed by atoms with Crippen LogP contribution in [0.15, 0.2) is 23.8 Å². The van der Waals surface area contributed by atoms with E-state index >= 15 is 0 Å². The van der Waals surface area contributed by atoms with Gasteiger partial charge in [0.25, 0.3) is 0 Å². The minimum absolute atomic E-state index is 0.266. The van der Waals surface area contributed by atoms with Gasteiger partial charge in [0, 0.05) is 5.54 Å². The van der Waals surface area contributed by atoms with Crippen molar-refractivity contribution in [2.45, 2.75) is 31.3 Å². The fourth-order valence-corrected chi connectivity index (χ4v) is 1.43. The van der Waals surface area contributed by atoms with Crippen molar-refractivity contribution in [2.75, 3.05) is 0 Å². The van der Waals surface area contributed by atoms with Gasteiger partial charge in [-0.15, -0.1) is 0 Å². The summed E-state index contributed by atoms with van der Waals surface area (Å²) in [4.78, 5) is 10.6. The smallest absolute Gasteiger partial charge is 0.320 e. The molecule has 0 bridgehead atoms. The molecule has 0 aromatic heterocycles. The van der Waals surface area contributed by atoms with E-state index in [4.69, 9.17) is 16.6 Å². The molecule has 5 N–H and O–H groups in total. The first-order valence-corrected chi connectivity index (χ1v) is 4.56. The second kappa shape index (κ2) is 3.94. The third-order valence-corrected chi connectivity index (χ3v) is 2.40. The molecule has 0 aliphatic heterocycles. The molecule has 0 spiro atoms. The van der Waals surface area contributed by atoms with Crippen LogP contribution in [-0.4, -0.2) is 22.7 Å². The molecule has 0 fully saturated rings. The number of allylic oxidation sites excluding steroid dienone is 2. The van der Waals surface area contributed by atoms with E-state index in [1.807, 2.05) is 25.2 Å². The van der Waals surface area contributed by atoms with E-state index in [1.54, 1.807) is 0 Å². The summed E-state index contributed by atoms with van der Waals surface area (Å²) in [5, 5.41) is 8.66. The highest BCUT2D eigenvalue weighted by molar-refractivity contribution is 5.73. The van der Waals surface area contributed by atoms with Crippen LogP contribution in [0.25, 0.3) is 0 Å². The van der Waals surface area contributed by atoms with Crippen LogP contribution >= 0.6 is 0 Å². The lowest BCUT2D eigenvalue weighted by molar-refractivity contribution is -0.138. The normalized spacial score (nSPS) is 28.4. The van der Waals surface area contributed by atoms with Crippen molar-refractivity contribution in [1.29, 1.82) is 0 Å². The zero-order valence-corrected chi connectivity index (χ0v) is 8.23. The molecule has 0 radical (unpaired) electrons. The molecule has 0 heterocycles. The SMILES string of the molecule is CC1=CCC(N)(C[C@H](N)C(=O)O)C=C1. The largest absolute Gasteiger partial charge is 0.480 e. The Morgan fingerprint density at radius 3 is 2.86 bits per heavy atom. The van der Waals surface area contributed by atoms with Crippen molar-refractivity contribution >= 4 is 5.97 Å². The molecule has 1 aliphatic carbocycles. The molecule has 0 saturated carbocycles. The summed E-state index contributed by atoms with van der Waals surface area (Å²) >= 11 is 0. The van der Waals surface area contributed by atoms with Crippen molar-refractivity contribution < 1.29 is 9.90 Å². The topological polar surface area (TPSA) is 89.3 Å². The minimum Gasteiger partial charge on any atom is -0.480 e. The summed E-state index contributed by atoms with van der Waals surface area (Å²) in [6.07, 6.45) is 6.65. The molecular formula is C10H16N2O2. The van der Waals surface area contributed by atoms with Gasteiger partial charge in [0.15, 0.2) is 0 Å². The first-order valence-electron chi connectivity index (χ1n) is 4.56. The minimum atomic E-state index is -1.01. The molecule has 2 atom stereocenters. The van der Waals surface area contributed by atoms with E-state index in [9.17, 15) is 4.79 Å². The Morgan fingerprint density at radius 1 is 1.79 bits per heavy atom. The summed E-state index contributed by atoms with van der Waals surface area (Å²) in [5.41, 5.74) is 12.0. The Balaban J connectivity index is 2.61. The summed E-state index contributed by atoms with van der Waals surface area (Å²) in [6, 6.07) is -0.892. The van der Waals surface area contributed by atoms with E-state index in [-0.39, 0.29) is 6.42 Å². The predicted octanol–water partition coefficient (Wildman–Crippen LogP) is 0.392. The number of carboxylic acids is 1. The highest BCUT2D eigenvalue weighted by atomic mass is 16.4. The molecule has 0 amide bonds. The van der Waals surface area contributed by atoms with Gasteiger partial charge in [-0.25, -0.2) is 0 Å². The van der Waals surface area contributed by atoms with Gasteiger partial charge in [0.05, 0.1) is 0 Å². The van der Waals surface area contributed by atoms with E-state index in [0.717, 1.165) is 5.57 Å². The van der Waals surface area contributed by atoms with Gasteiger partial charge in [-0.2, -0.15) is 0 Å². The Labute approximate surface area is 83.3 Å². The molecule has 14 heavy (non-hydrogen) atoms. The summed E-state index contributed by atoms with van der Waals surface area (Å²) in [7, 11) is 0. The van der Waals surface area contributed by atoms with Crippen molar-refractivity contribution in [3.63, 3.8) is 0 Å². The van der Waals surface area contributed by atoms with Crippen LogP contribution < -0.4 is 11.5 Å². The van der Waals surface area contributed by atoms with Gasteiger partial charge in [0.1, 0.15) is 6.04 Å². The number of carbonyl (C=O) groups is 1. The van der Waals surface area contributed by atoms with E-state index in [1.165, 1.54) is 0 Å². The lowest BCUT2D eigenvalue weighted by Gasteiger charge is -2.28. The summed E-state index contributed by atoms with van der Waals surface area (Å²) < 4.78 is 0. The monoisotopic (exact) mass is 196 g/mol. The first-order chi connectivity index (χ1) is 6.43. The standard InChI is InChI=1S/C10H16N2O2/c1-7-2-4-10(12,5-3-7)6-8(11)9(13)14/h2-4,8H,5-6,11-12H2,1H3,(H,13,14)/t8-,10?/m0/s1. The third kappa shape index (κ3) is 2.68. The van der Waals surface area contributed by atoms with Crippen LogP contribution in [0.3, 0.4) is 0 Å². The Morgan fingerprint density at radius 2 is 2.43 bits per heavy atom. The molecule has 4 heteroatoms. The lowest BCUT2D eigenvalue weighted by Crippen LogP contribution is -2.46. The van der Waals surface area contributed by atoms with Crippen molar-refractivity contribution in [3.8, 4) is 0 Å². The molecule has 0 aromatic rings. The zero-order valence-electron chi connectivity index (χ0n) is 8.23.